The molecule has 0 unspecified atom stereocenters. The lowest BCUT2D eigenvalue weighted by Crippen LogP contribution is -2.23. The molecule has 1 aromatic heterocycles. The third kappa shape index (κ3) is 4.62. The molecule has 0 atom stereocenters. The van der Waals surface area contributed by atoms with Crippen LogP contribution in [-0.2, 0) is 16.4 Å². The predicted molar refractivity (Wildman–Crippen MR) is 118 cm³/mol. The topological polar surface area (TPSA) is 69.0 Å². The summed E-state index contributed by atoms with van der Waals surface area (Å²) in [5.41, 5.74) is 2.96. The van der Waals surface area contributed by atoms with Crippen molar-refractivity contribution in [3.05, 3.63) is 107 Å². The zero-order chi connectivity index (χ0) is 22.0. The Balaban J connectivity index is 1.87. The Morgan fingerprint density at radius 3 is 2.10 bits per heavy atom. The van der Waals surface area contributed by atoms with Crippen LogP contribution in [0.4, 0.5) is 4.39 Å². The number of halogens is 1. The van der Waals surface area contributed by atoms with Gasteiger partial charge in [-0.15, -0.1) is 0 Å². The van der Waals surface area contributed by atoms with Gasteiger partial charge in [-0.05, 0) is 35.4 Å². The summed E-state index contributed by atoms with van der Waals surface area (Å²) in [6.07, 6.45) is 1.14. The average Bonchev–Trinajstić information content (AvgIpc) is 2.76. The van der Waals surface area contributed by atoms with Gasteiger partial charge in [0.2, 0.25) is 0 Å². The normalized spacial score (nSPS) is 11.4. The van der Waals surface area contributed by atoms with Gasteiger partial charge in [0.25, 0.3) is 5.56 Å². The third-order valence-corrected chi connectivity index (χ3v) is 6.01. The number of rotatable bonds is 5. The average molecular weight is 434 g/mol. The van der Waals surface area contributed by atoms with Crippen molar-refractivity contribution in [2.24, 2.45) is 0 Å². The molecule has 0 saturated heterocycles. The summed E-state index contributed by atoms with van der Waals surface area (Å²) in [6.45, 7) is 0.289. The van der Waals surface area contributed by atoms with Gasteiger partial charge >= 0.3 is 0 Å². The number of hydrogen-bond acceptors (Lipinski definition) is 4. The lowest BCUT2D eigenvalue weighted by molar-refractivity contribution is 0.602. The molecule has 0 saturated carbocycles. The van der Waals surface area contributed by atoms with E-state index in [1.54, 1.807) is 24.3 Å². The molecule has 156 valence electrons. The largest absolute Gasteiger partial charge is 0.268 e. The molecule has 0 bridgehead atoms. The van der Waals surface area contributed by atoms with Crippen LogP contribution in [0.25, 0.3) is 22.4 Å². The first-order chi connectivity index (χ1) is 14.8. The highest BCUT2D eigenvalue weighted by Crippen LogP contribution is 2.30. The lowest BCUT2D eigenvalue weighted by atomic mass is 10.00. The van der Waals surface area contributed by atoms with E-state index in [2.05, 4.69) is 5.10 Å². The Hall–Kier alpha value is -3.58. The SMILES string of the molecule is CS(=O)(=O)c1ccc(-c2nn(Cc3ccccc3)c(=O)cc2-c2ccc(F)cc2)cc1. The second-order valence-corrected chi connectivity index (χ2v) is 9.21. The van der Waals surface area contributed by atoms with E-state index in [4.69, 9.17) is 0 Å². The van der Waals surface area contributed by atoms with E-state index >= 15 is 0 Å². The Bertz CT molecular complexity index is 1380. The van der Waals surface area contributed by atoms with Crippen molar-refractivity contribution >= 4 is 9.84 Å². The molecule has 0 aliphatic heterocycles. The summed E-state index contributed by atoms with van der Waals surface area (Å²) in [5.74, 6) is -0.381. The van der Waals surface area contributed by atoms with Gasteiger partial charge < -0.3 is 0 Å². The maximum atomic E-state index is 13.4. The van der Waals surface area contributed by atoms with Crippen molar-refractivity contribution in [2.45, 2.75) is 11.4 Å². The van der Waals surface area contributed by atoms with E-state index < -0.39 is 9.84 Å². The second kappa shape index (κ2) is 8.28. The minimum absolute atomic E-state index is 0.192. The fourth-order valence-electron chi connectivity index (χ4n) is 3.28. The first-order valence-electron chi connectivity index (χ1n) is 9.54. The van der Waals surface area contributed by atoms with Crippen LogP contribution in [0.15, 0.2) is 94.6 Å². The van der Waals surface area contributed by atoms with Gasteiger partial charge in [0.15, 0.2) is 9.84 Å². The number of sulfone groups is 1. The fourth-order valence-corrected chi connectivity index (χ4v) is 3.91. The van der Waals surface area contributed by atoms with E-state index in [0.29, 0.717) is 22.4 Å². The molecule has 7 heteroatoms. The summed E-state index contributed by atoms with van der Waals surface area (Å²) in [5, 5.41) is 4.59. The van der Waals surface area contributed by atoms with Crippen LogP contribution in [0.5, 0.6) is 0 Å². The summed E-state index contributed by atoms with van der Waals surface area (Å²) < 4.78 is 38.4. The Labute approximate surface area is 179 Å². The molecular weight excluding hydrogens is 415 g/mol. The van der Waals surface area contributed by atoms with E-state index in [0.717, 1.165) is 11.8 Å². The minimum atomic E-state index is -3.34. The molecule has 0 aliphatic carbocycles. The van der Waals surface area contributed by atoms with E-state index in [9.17, 15) is 17.6 Å². The van der Waals surface area contributed by atoms with Crippen LogP contribution >= 0.6 is 0 Å². The summed E-state index contributed by atoms with van der Waals surface area (Å²) >= 11 is 0. The van der Waals surface area contributed by atoms with Crippen molar-refractivity contribution in [2.75, 3.05) is 6.26 Å². The first kappa shape index (κ1) is 20.7. The molecule has 0 N–H and O–H groups in total. The van der Waals surface area contributed by atoms with Crippen LogP contribution in [0, 0.1) is 5.82 Å². The molecule has 1 heterocycles. The smallest absolute Gasteiger partial charge is 0.267 e. The highest BCUT2D eigenvalue weighted by atomic mass is 32.2. The molecule has 31 heavy (non-hydrogen) atoms. The highest BCUT2D eigenvalue weighted by Gasteiger charge is 2.15. The molecule has 5 nitrogen and oxygen atoms in total. The fraction of sp³-hybridized carbons (Fsp3) is 0.0833. The lowest BCUT2D eigenvalue weighted by Gasteiger charge is -2.13. The number of aromatic nitrogens is 2. The third-order valence-electron chi connectivity index (χ3n) is 4.88. The van der Waals surface area contributed by atoms with Gasteiger partial charge in [-0.3, -0.25) is 4.79 Å². The molecule has 3 aromatic carbocycles. The number of nitrogens with zero attached hydrogens (tertiary/aromatic N) is 2. The molecular formula is C24H19FN2O3S. The second-order valence-electron chi connectivity index (χ2n) is 7.19. The monoisotopic (exact) mass is 434 g/mol. The van der Waals surface area contributed by atoms with Crippen LogP contribution in [0.2, 0.25) is 0 Å². The van der Waals surface area contributed by atoms with Crippen LogP contribution < -0.4 is 5.56 Å². The van der Waals surface area contributed by atoms with Crippen molar-refractivity contribution in [1.82, 2.24) is 9.78 Å². The summed E-state index contributed by atoms with van der Waals surface area (Å²) in [4.78, 5) is 13.0. The molecule has 0 radical (unpaired) electrons. The molecule has 0 aliphatic rings. The van der Waals surface area contributed by atoms with Crippen LogP contribution in [0.3, 0.4) is 0 Å². The van der Waals surface area contributed by atoms with Gasteiger partial charge in [-0.2, -0.15) is 5.10 Å². The number of benzene rings is 3. The molecule has 4 rings (SSSR count). The maximum Gasteiger partial charge on any atom is 0.267 e. The maximum absolute atomic E-state index is 13.4. The van der Waals surface area contributed by atoms with Gasteiger partial charge in [0, 0.05) is 23.4 Å². The van der Waals surface area contributed by atoms with Crippen LogP contribution in [-0.4, -0.2) is 24.5 Å². The first-order valence-corrected chi connectivity index (χ1v) is 11.4. The zero-order valence-electron chi connectivity index (χ0n) is 16.7. The van der Waals surface area contributed by atoms with Gasteiger partial charge in [0.1, 0.15) is 5.82 Å². The molecule has 0 amide bonds. The minimum Gasteiger partial charge on any atom is -0.268 e. The van der Waals surface area contributed by atoms with Gasteiger partial charge in [-0.25, -0.2) is 17.5 Å². The zero-order valence-corrected chi connectivity index (χ0v) is 17.5. The highest BCUT2D eigenvalue weighted by molar-refractivity contribution is 7.90. The summed E-state index contributed by atoms with van der Waals surface area (Å²) in [7, 11) is -3.34. The quantitative estimate of drug-likeness (QED) is 0.473. The Morgan fingerprint density at radius 2 is 1.48 bits per heavy atom. The van der Waals surface area contributed by atoms with Crippen molar-refractivity contribution in [3.8, 4) is 22.4 Å². The number of hydrogen-bond donors (Lipinski definition) is 0. The predicted octanol–water partition coefficient (Wildman–Crippen LogP) is 4.17. The summed E-state index contributed by atoms with van der Waals surface area (Å²) in [6, 6.07) is 23.1. The molecule has 0 fully saturated rings. The van der Waals surface area contributed by atoms with Crippen molar-refractivity contribution in [1.29, 1.82) is 0 Å². The van der Waals surface area contributed by atoms with Crippen molar-refractivity contribution < 1.29 is 12.8 Å². The molecule has 0 spiro atoms. The van der Waals surface area contributed by atoms with Crippen molar-refractivity contribution in [3.63, 3.8) is 0 Å². The van der Waals surface area contributed by atoms with E-state index in [1.165, 1.54) is 35.0 Å². The van der Waals surface area contributed by atoms with E-state index in [1.807, 2.05) is 30.3 Å². The Morgan fingerprint density at radius 1 is 0.871 bits per heavy atom. The Kier molecular flexibility index (Phi) is 5.52. The van der Waals surface area contributed by atoms with Gasteiger partial charge in [0.05, 0.1) is 17.1 Å². The molecule has 4 aromatic rings. The standard InChI is InChI=1S/C24H19FN2O3S/c1-31(29,30)21-13-9-19(10-14-21)24-22(18-7-11-20(25)12-8-18)15-23(28)27(26-24)16-17-5-3-2-4-6-17/h2-15H,16H2,1H3. The van der Waals surface area contributed by atoms with Crippen LogP contribution in [0.1, 0.15) is 5.56 Å². The van der Waals surface area contributed by atoms with Gasteiger partial charge in [-0.1, -0.05) is 54.6 Å². The van der Waals surface area contributed by atoms with E-state index in [-0.39, 0.29) is 22.8 Å².